The number of carbonyl (C=O) groups is 1. The van der Waals surface area contributed by atoms with Crippen molar-refractivity contribution in [3.8, 4) is 5.75 Å². The zero-order valence-electron chi connectivity index (χ0n) is 9.15. The predicted octanol–water partition coefficient (Wildman–Crippen LogP) is 3.55. The molecule has 5 heteroatoms. The van der Waals surface area contributed by atoms with Gasteiger partial charge in [-0.15, -0.1) is 0 Å². The number of amides is 1. The second kappa shape index (κ2) is 5.18. The first-order valence-electron chi connectivity index (χ1n) is 5.12. The molecule has 0 aliphatic carbocycles. The molecular weight excluding hydrogens is 301 g/mol. The lowest BCUT2D eigenvalue weighted by Crippen LogP contribution is -2.11. The number of benzene rings is 2. The van der Waals surface area contributed by atoms with Crippen molar-refractivity contribution in [1.29, 1.82) is 0 Å². The summed E-state index contributed by atoms with van der Waals surface area (Å²) >= 11 is 3.13. The van der Waals surface area contributed by atoms with Gasteiger partial charge >= 0.3 is 0 Å². The summed E-state index contributed by atoms with van der Waals surface area (Å²) in [4.78, 5) is 11.8. The SMILES string of the molecule is O=C(Nc1ccc(F)cc1)c1ccc(Br)c(O)c1. The van der Waals surface area contributed by atoms with Gasteiger partial charge in [-0.1, -0.05) is 0 Å². The molecule has 1 amide bonds. The molecule has 2 rings (SSSR count). The van der Waals surface area contributed by atoms with E-state index >= 15 is 0 Å². The van der Waals surface area contributed by atoms with Crippen LogP contribution < -0.4 is 5.32 Å². The minimum absolute atomic E-state index is 0.0123. The van der Waals surface area contributed by atoms with Gasteiger partial charge in [-0.2, -0.15) is 0 Å². The van der Waals surface area contributed by atoms with Crippen molar-refractivity contribution in [2.45, 2.75) is 0 Å². The zero-order chi connectivity index (χ0) is 13.1. The number of hydrogen-bond acceptors (Lipinski definition) is 2. The molecule has 0 aliphatic rings. The van der Waals surface area contributed by atoms with Gasteiger partial charge in [-0.05, 0) is 58.4 Å². The summed E-state index contributed by atoms with van der Waals surface area (Å²) in [6.07, 6.45) is 0. The first kappa shape index (κ1) is 12.6. The van der Waals surface area contributed by atoms with Gasteiger partial charge in [0.05, 0.1) is 4.47 Å². The number of halogens is 2. The third-order valence-corrected chi connectivity index (χ3v) is 2.98. The highest BCUT2D eigenvalue weighted by molar-refractivity contribution is 9.10. The highest BCUT2D eigenvalue weighted by Gasteiger charge is 2.08. The van der Waals surface area contributed by atoms with E-state index in [9.17, 15) is 14.3 Å². The van der Waals surface area contributed by atoms with Crippen LogP contribution in [0.15, 0.2) is 46.9 Å². The Hall–Kier alpha value is -1.88. The molecule has 0 bridgehead atoms. The van der Waals surface area contributed by atoms with E-state index in [1.54, 1.807) is 12.1 Å². The fraction of sp³-hybridized carbons (Fsp3) is 0. The van der Waals surface area contributed by atoms with Gasteiger partial charge in [0, 0.05) is 11.3 Å². The number of hydrogen-bond donors (Lipinski definition) is 2. The van der Waals surface area contributed by atoms with Gasteiger partial charge in [0.2, 0.25) is 0 Å². The Bertz CT molecular complexity index is 584. The number of phenols is 1. The maximum absolute atomic E-state index is 12.7. The zero-order valence-corrected chi connectivity index (χ0v) is 10.7. The first-order valence-corrected chi connectivity index (χ1v) is 5.91. The maximum Gasteiger partial charge on any atom is 0.255 e. The lowest BCUT2D eigenvalue weighted by atomic mass is 10.2. The van der Waals surface area contributed by atoms with Crippen LogP contribution in [0, 0.1) is 5.82 Å². The number of nitrogens with one attached hydrogen (secondary N) is 1. The molecule has 92 valence electrons. The van der Waals surface area contributed by atoms with Crippen LogP contribution in [0.3, 0.4) is 0 Å². The number of aromatic hydroxyl groups is 1. The molecule has 0 aliphatic heterocycles. The molecule has 2 aromatic carbocycles. The molecule has 0 fully saturated rings. The Kier molecular flexibility index (Phi) is 3.62. The summed E-state index contributed by atoms with van der Waals surface area (Å²) in [5.74, 6) is -0.750. The van der Waals surface area contributed by atoms with Crippen LogP contribution in [0.2, 0.25) is 0 Å². The van der Waals surface area contributed by atoms with Crippen LogP contribution in [0.25, 0.3) is 0 Å². The molecule has 2 N–H and O–H groups in total. The Morgan fingerprint density at radius 2 is 1.83 bits per heavy atom. The lowest BCUT2D eigenvalue weighted by Gasteiger charge is -2.06. The summed E-state index contributed by atoms with van der Waals surface area (Å²) in [5, 5.41) is 12.1. The lowest BCUT2D eigenvalue weighted by molar-refractivity contribution is 0.102. The molecule has 2 aromatic rings. The molecule has 0 saturated heterocycles. The van der Waals surface area contributed by atoms with Crippen molar-refractivity contribution in [2.75, 3.05) is 5.32 Å². The van der Waals surface area contributed by atoms with Crippen molar-refractivity contribution in [3.63, 3.8) is 0 Å². The van der Waals surface area contributed by atoms with E-state index in [2.05, 4.69) is 21.2 Å². The quantitative estimate of drug-likeness (QED) is 0.891. The van der Waals surface area contributed by atoms with Gasteiger partial charge < -0.3 is 10.4 Å². The smallest absolute Gasteiger partial charge is 0.255 e. The molecule has 0 heterocycles. The monoisotopic (exact) mass is 309 g/mol. The Morgan fingerprint density at radius 1 is 1.17 bits per heavy atom. The summed E-state index contributed by atoms with van der Waals surface area (Å²) in [6, 6.07) is 9.95. The standard InChI is InChI=1S/C13H9BrFNO2/c14-11-6-1-8(7-12(11)17)13(18)16-10-4-2-9(15)3-5-10/h1-7,17H,(H,16,18). The van der Waals surface area contributed by atoms with Gasteiger partial charge in [0.15, 0.2) is 0 Å². The van der Waals surface area contributed by atoms with Gasteiger partial charge in [-0.3, -0.25) is 4.79 Å². The number of rotatable bonds is 2. The van der Waals surface area contributed by atoms with E-state index in [0.717, 1.165) is 0 Å². The molecule has 0 atom stereocenters. The summed E-state index contributed by atoms with van der Waals surface area (Å²) in [7, 11) is 0. The van der Waals surface area contributed by atoms with Crippen molar-refractivity contribution >= 4 is 27.5 Å². The fourth-order valence-corrected chi connectivity index (χ4v) is 1.64. The number of anilines is 1. The van der Waals surface area contributed by atoms with Gasteiger partial charge in [-0.25, -0.2) is 4.39 Å². The summed E-state index contributed by atoms with van der Waals surface area (Å²) in [5.41, 5.74) is 0.809. The average Bonchev–Trinajstić information content (AvgIpc) is 2.35. The largest absolute Gasteiger partial charge is 0.507 e. The summed E-state index contributed by atoms with van der Waals surface area (Å²) < 4.78 is 13.2. The summed E-state index contributed by atoms with van der Waals surface area (Å²) in [6.45, 7) is 0. The molecular formula is C13H9BrFNO2. The van der Waals surface area contributed by atoms with E-state index in [-0.39, 0.29) is 17.5 Å². The molecule has 0 unspecified atom stereocenters. The van der Waals surface area contributed by atoms with Crippen LogP contribution >= 0.6 is 15.9 Å². The highest BCUT2D eigenvalue weighted by atomic mass is 79.9. The number of carbonyl (C=O) groups excluding carboxylic acids is 1. The third kappa shape index (κ3) is 2.87. The predicted molar refractivity (Wildman–Crippen MR) is 70.2 cm³/mol. The third-order valence-electron chi connectivity index (χ3n) is 2.31. The average molecular weight is 310 g/mol. The fourth-order valence-electron chi connectivity index (χ4n) is 1.39. The van der Waals surface area contributed by atoms with Crippen LogP contribution in [0.5, 0.6) is 5.75 Å². The van der Waals surface area contributed by atoms with Crippen molar-refractivity contribution in [3.05, 3.63) is 58.3 Å². The number of phenolic OH excluding ortho intramolecular Hbond substituents is 1. The van der Waals surface area contributed by atoms with Crippen molar-refractivity contribution in [2.24, 2.45) is 0 Å². The van der Waals surface area contributed by atoms with Crippen LogP contribution in [0.1, 0.15) is 10.4 Å². The molecule has 18 heavy (non-hydrogen) atoms. The minimum Gasteiger partial charge on any atom is -0.507 e. The molecule has 3 nitrogen and oxygen atoms in total. The van der Waals surface area contributed by atoms with Gasteiger partial charge in [0.1, 0.15) is 11.6 Å². The molecule has 0 aromatic heterocycles. The topological polar surface area (TPSA) is 49.3 Å². The van der Waals surface area contributed by atoms with E-state index < -0.39 is 0 Å². The minimum atomic E-state index is -0.371. The van der Waals surface area contributed by atoms with E-state index in [1.165, 1.54) is 30.3 Å². The van der Waals surface area contributed by atoms with Crippen molar-refractivity contribution in [1.82, 2.24) is 0 Å². The van der Waals surface area contributed by atoms with Crippen LogP contribution in [0.4, 0.5) is 10.1 Å². The van der Waals surface area contributed by atoms with E-state index in [1.807, 2.05) is 0 Å². The van der Waals surface area contributed by atoms with E-state index in [4.69, 9.17) is 0 Å². The van der Waals surface area contributed by atoms with Crippen molar-refractivity contribution < 1.29 is 14.3 Å². The van der Waals surface area contributed by atoms with Crippen LogP contribution in [-0.4, -0.2) is 11.0 Å². The normalized spacial score (nSPS) is 10.1. The molecule has 0 radical (unpaired) electrons. The molecule has 0 saturated carbocycles. The van der Waals surface area contributed by atoms with Gasteiger partial charge in [0.25, 0.3) is 5.91 Å². The highest BCUT2D eigenvalue weighted by Crippen LogP contribution is 2.24. The Labute approximate surface area is 111 Å². The second-order valence-electron chi connectivity index (χ2n) is 3.63. The first-order chi connectivity index (χ1) is 8.56. The molecule has 0 spiro atoms. The maximum atomic E-state index is 12.7. The Morgan fingerprint density at radius 3 is 2.44 bits per heavy atom. The van der Waals surface area contributed by atoms with Crippen LogP contribution in [-0.2, 0) is 0 Å². The second-order valence-corrected chi connectivity index (χ2v) is 4.48. The Balaban J connectivity index is 2.16. The van der Waals surface area contributed by atoms with E-state index in [0.29, 0.717) is 15.7 Å².